The number of aromatic nitrogens is 5. The lowest BCUT2D eigenvalue weighted by Crippen LogP contribution is -2.42. The van der Waals surface area contributed by atoms with Crippen molar-refractivity contribution in [3.8, 4) is 5.69 Å². The summed E-state index contributed by atoms with van der Waals surface area (Å²) >= 11 is 0. The fourth-order valence-corrected chi connectivity index (χ4v) is 5.10. The molecule has 1 saturated heterocycles. The van der Waals surface area contributed by atoms with Crippen LogP contribution in [0.2, 0.25) is 0 Å². The molecule has 7 nitrogen and oxygen atoms in total. The molecule has 0 amide bonds. The Morgan fingerprint density at radius 2 is 1.81 bits per heavy atom. The Hall–Kier alpha value is -2.18. The van der Waals surface area contributed by atoms with Crippen LogP contribution in [-0.2, 0) is 0 Å². The Morgan fingerprint density at radius 1 is 1.04 bits per heavy atom. The van der Waals surface area contributed by atoms with E-state index in [2.05, 4.69) is 31.5 Å². The zero-order chi connectivity index (χ0) is 18.4. The molecule has 1 aliphatic carbocycles. The van der Waals surface area contributed by atoms with E-state index in [1.165, 1.54) is 44.9 Å². The van der Waals surface area contributed by atoms with Crippen LogP contribution in [0.1, 0.15) is 76.0 Å². The molecule has 4 heterocycles. The molecule has 5 rings (SSSR count). The highest BCUT2D eigenvalue weighted by Crippen LogP contribution is 2.43. The van der Waals surface area contributed by atoms with Crippen molar-refractivity contribution in [1.29, 1.82) is 0 Å². The van der Waals surface area contributed by atoms with Crippen molar-refractivity contribution < 1.29 is 0 Å². The maximum atomic E-state index is 5.15. The lowest BCUT2D eigenvalue weighted by Gasteiger charge is -2.41. The lowest BCUT2D eigenvalue weighted by molar-refractivity contribution is 0.467. The summed E-state index contributed by atoms with van der Waals surface area (Å²) in [5.74, 6) is 3.94. The highest BCUT2D eigenvalue weighted by atomic mass is 15.4. The van der Waals surface area contributed by atoms with Gasteiger partial charge in [-0.05, 0) is 45.4 Å². The Bertz CT molecular complexity index is 818. The standard InChI is InChI=1S/C20H29N7/c1-3-16-19-24-23-14(2)26(19)17-13-21-20(25-11-7-4-8-12-25)22-18(17)27(16)15-9-5-6-10-15/h13,15-16H,3-12H2,1-2H3/t16-/m1/s1. The smallest absolute Gasteiger partial charge is 0.227 e. The van der Waals surface area contributed by atoms with Gasteiger partial charge in [-0.15, -0.1) is 10.2 Å². The number of piperidine rings is 1. The predicted molar refractivity (Wildman–Crippen MR) is 106 cm³/mol. The molecule has 7 heteroatoms. The summed E-state index contributed by atoms with van der Waals surface area (Å²) in [5.41, 5.74) is 1.05. The van der Waals surface area contributed by atoms with Gasteiger partial charge in [0.05, 0.1) is 12.2 Å². The number of nitrogens with zero attached hydrogens (tertiary/aromatic N) is 7. The van der Waals surface area contributed by atoms with E-state index in [4.69, 9.17) is 9.97 Å². The van der Waals surface area contributed by atoms with Crippen LogP contribution in [0.3, 0.4) is 0 Å². The predicted octanol–water partition coefficient (Wildman–Crippen LogP) is 3.57. The van der Waals surface area contributed by atoms with Gasteiger partial charge in [-0.25, -0.2) is 4.98 Å². The maximum Gasteiger partial charge on any atom is 0.227 e. The zero-order valence-corrected chi connectivity index (χ0v) is 16.4. The normalized spacial score (nSPS) is 22.8. The molecule has 0 N–H and O–H groups in total. The highest BCUT2D eigenvalue weighted by Gasteiger charge is 2.39. The summed E-state index contributed by atoms with van der Waals surface area (Å²) in [4.78, 5) is 14.8. The molecule has 0 bridgehead atoms. The zero-order valence-electron chi connectivity index (χ0n) is 16.4. The van der Waals surface area contributed by atoms with E-state index < -0.39 is 0 Å². The minimum absolute atomic E-state index is 0.242. The molecular formula is C20H29N7. The van der Waals surface area contributed by atoms with E-state index >= 15 is 0 Å². The summed E-state index contributed by atoms with van der Waals surface area (Å²) in [7, 11) is 0. The van der Waals surface area contributed by atoms with Gasteiger partial charge in [0.25, 0.3) is 0 Å². The fourth-order valence-electron chi connectivity index (χ4n) is 5.10. The third-order valence-corrected chi connectivity index (χ3v) is 6.45. The summed E-state index contributed by atoms with van der Waals surface area (Å²) in [6.07, 6.45) is 11.9. The topological polar surface area (TPSA) is 63.0 Å². The van der Waals surface area contributed by atoms with Crippen LogP contribution >= 0.6 is 0 Å². The minimum Gasteiger partial charge on any atom is -0.341 e. The summed E-state index contributed by atoms with van der Waals surface area (Å²) < 4.78 is 2.18. The van der Waals surface area contributed by atoms with Gasteiger partial charge in [-0.2, -0.15) is 4.98 Å². The molecule has 27 heavy (non-hydrogen) atoms. The molecule has 3 aliphatic rings. The summed E-state index contributed by atoms with van der Waals surface area (Å²) in [6, 6.07) is 0.787. The van der Waals surface area contributed by atoms with E-state index in [0.29, 0.717) is 6.04 Å². The van der Waals surface area contributed by atoms with Gasteiger partial charge in [-0.3, -0.25) is 4.57 Å². The first-order valence-corrected chi connectivity index (χ1v) is 10.6. The molecule has 2 aromatic heterocycles. The second-order valence-corrected chi connectivity index (χ2v) is 8.14. The number of hydrogen-bond acceptors (Lipinski definition) is 6. The summed E-state index contributed by atoms with van der Waals surface area (Å²) in [6.45, 7) is 6.40. The molecule has 1 saturated carbocycles. The van der Waals surface area contributed by atoms with E-state index in [9.17, 15) is 0 Å². The van der Waals surface area contributed by atoms with Crippen LogP contribution in [0.15, 0.2) is 6.20 Å². The molecule has 0 radical (unpaired) electrons. The van der Waals surface area contributed by atoms with Crippen LogP contribution < -0.4 is 9.80 Å². The number of fused-ring (bicyclic) bond motifs is 3. The molecule has 0 aromatic carbocycles. The van der Waals surface area contributed by atoms with Gasteiger partial charge in [0.1, 0.15) is 11.5 Å². The quantitative estimate of drug-likeness (QED) is 0.826. The molecule has 0 unspecified atom stereocenters. The summed E-state index contributed by atoms with van der Waals surface area (Å²) in [5, 5.41) is 8.94. The molecule has 2 aliphatic heterocycles. The second kappa shape index (κ2) is 6.77. The van der Waals surface area contributed by atoms with Crippen LogP contribution in [0.25, 0.3) is 5.69 Å². The van der Waals surface area contributed by atoms with Gasteiger partial charge < -0.3 is 9.80 Å². The van der Waals surface area contributed by atoms with Crippen molar-refractivity contribution in [2.45, 2.75) is 77.3 Å². The Morgan fingerprint density at radius 3 is 2.56 bits per heavy atom. The SMILES string of the molecule is CC[C@@H]1c2nnc(C)n2-c2cnc(N3CCCCC3)nc2N1C1CCCC1. The van der Waals surface area contributed by atoms with Gasteiger partial charge in [-0.1, -0.05) is 19.8 Å². The van der Waals surface area contributed by atoms with Gasteiger partial charge in [0.2, 0.25) is 5.95 Å². The highest BCUT2D eigenvalue weighted by molar-refractivity contribution is 5.64. The van der Waals surface area contributed by atoms with Crippen molar-refractivity contribution in [1.82, 2.24) is 24.7 Å². The third kappa shape index (κ3) is 2.70. The Kier molecular flexibility index (Phi) is 4.25. The monoisotopic (exact) mass is 367 g/mol. The van der Waals surface area contributed by atoms with Crippen molar-refractivity contribution in [2.75, 3.05) is 22.9 Å². The second-order valence-electron chi connectivity index (χ2n) is 8.14. The average molecular weight is 368 g/mol. The third-order valence-electron chi connectivity index (χ3n) is 6.45. The number of anilines is 2. The molecular weight excluding hydrogens is 338 g/mol. The van der Waals surface area contributed by atoms with Crippen molar-refractivity contribution in [2.24, 2.45) is 0 Å². The van der Waals surface area contributed by atoms with Gasteiger partial charge >= 0.3 is 0 Å². The number of hydrogen-bond donors (Lipinski definition) is 0. The fraction of sp³-hybridized carbons (Fsp3) is 0.700. The van der Waals surface area contributed by atoms with E-state index in [-0.39, 0.29) is 6.04 Å². The molecule has 2 fully saturated rings. The number of aryl methyl sites for hydroxylation is 1. The van der Waals surface area contributed by atoms with Crippen LogP contribution in [0, 0.1) is 6.92 Å². The molecule has 144 valence electrons. The van der Waals surface area contributed by atoms with Gasteiger partial charge in [0, 0.05) is 19.1 Å². The molecule has 2 aromatic rings. The van der Waals surface area contributed by atoms with Crippen molar-refractivity contribution in [3.05, 3.63) is 17.8 Å². The molecule has 0 spiro atoms. The molecule has 1 atom stereocenters. The average Bonchev–Trinajstić information content (AvgIpc) is 3.37. The first kappa shape index (κ1) is 17.0. The van der Waals surface area contributed by atoms with Crippen LogP contribution in [-0.4, -0.2) is 43.9 Å². The first-order chi connectivity index (χ1) is 13.3. The van der Waals surface area contributed by atoms with E-state index in [1.807, 2.05) is 13.1 Å². The lowest BCUT2D eigenvalue weighted by atomic mass is 10.0. The Labute approximate surface area is 160 Å². The number of rotatable bonds is 3. The minimum atomic E-state index is 0.242. The van der Waals surface area contributed by atoms with E-state index in [0.717, 1.165) is 48.6 Å². The van der Waals surface area contributed by atoms with Gasteiger partial charge in [0.15, 0.2) is 11.6 Å². The van der Waals surface area contributed by atoms with Crippen LogP contribution in [0.4, 0.5) is 11.8 Å². The van der Waals surface area contributed by atoms with Crippen molar-refractivity contribution in [3.63, 3.8) is 0 Å². The first-order valence-electron chi connectivity index (χ1n) is 10.6. The van der Waals surface area contributed by atoms with E-state index in [1.54, 1.807) is 0 Å². The largest absolute Gasteiger partial charge is 0.341 e. The maximum absolute atomic E-state index is 5.15. The van der Waals surface area contributed by atoms with Crippen LogP contribution in [0.5, 0.6) is 0 Å². The Balaban J connectivity index is 1.64. The van der Waals surface area contributed by atoms with Crippen molar-refractivity contribution >= 4 is 11.8 Å².